The minimum absolute atomic E-state index is 0.204. The van der Waals surface area contributed by atoms with E-state index in [0.29, 0.717) is 0 Å². The molecular formula is C14H28N2. The van der Waals surface area contributed by atoms with E-state index in [-0.39, 0.29) is 11.6 Å². The molecule has 1 fully saturated rings. The van der Waals surface area contributed by atoms with Crippen LogP contribution in [0.5, 0.6) is 0 Å². The summed E-state index contributed by atoms with van der Waals surface area (Å²) in [7, 11) is 0. The number of nitrogens with zero attached hydrogens (tertiary/aromatic N) is 1. The molecule has 1 heterocycles. The molecule has 1 saturated heterocycles. The maximum Gasteiger partial charge on any atom is 0.0358 e. The largest absolute Gasteiger partial charge is 0.326 e. The second-order valence-electron chi connectivity index (χ2n) is 5.27. The Labute approximate surface area is 101 Å². The maximum atomic E-state index is 6.45. The number of hydrogen-bond donors (Lipinski definition) is 1. The zero-order valence-electron chi connectivity index (χ0n) is 11.3. The van der Waals surface area contributed by atoms with E-state index in [0.717, 1.165) is 19.3 Å². The van der Waals surface area contributed by atoms with Crippen LogP contribution in [0, 0.1) is 0 Å². The highest BCUT2D eigenvalue weighted by Crippen LogP contribution is 2.32. The number of likely N-dealkylation sites (tertiary alicyclic amines) is 1. The molecule has 0 saturated carbocycles. The molecule has 0 aromatic heterocycles. The molecule has 2 N–H and O–H groups in total. The first-order chi connectivity index (χ1) is 7.56. The van der Waals surface area contributed by atoms with E-state index in [1.807, 2.05) is 0 Å². The van der Waals surface area contributed by atoms with Gasteiger partial charge in [0.2, 0.25) is 0 Å². The van der Waals surface area contributed by atoms with E-state index in [1.165, 1.54) is 31.5 Å². The lowest BCUT2D eigenvalue weighted by molar-refractivity contribution is 0.0769. The van der Waals surface area contributed by atoms with Crippen LogP contribution in [-0.4, -0.2) is 29.6 Å². The molecule has 1 aliphatic heterocycles. The molecule has 2 nitrogen and oxygen atoms in total. The summed E-state index contributed by atoms with van der Waals surface area (Å²) in [6.45, 7) is 13.1. The summed E-state index contributed by atoms with van der Waals surface area (Å²) in [6, 6.07) is 0.234. The first-order valence-corrected chi connectivity index (χ1v) is 6.71. The molecule has 2 heteroatoms. The van der Waals surface area contributed by atoms with Crippen molar-refractivity contribution in [1.29, 1.82) is 0 Å². The summed E-state index contributed by atoms with van der Waals surface area (Å²) in [6.07, 6.45) is 5.93. The number of hydrogen-bond acceptors (Lipinski definition) is 2. The Bertz CT molecular complexity index is 225. The summed E-state index contributed by atoms with van der Waals surface area (Å²) in [5.74, 6) is 0. The fourth-order valence-corrected chi connectivity index (χ4v) is 3.18. The average molecular weight is 224 g/mol. The Morgan fingerprint density at radius 2 is 1.81 bits per heavy atom. The molecule has 0 aromatic carbocycles. The van der Waals surface area contributed by atoms with Crippen molar-refractivity contribution < 1.29 is 0 Å². The van der Waals surface area contributed by atoms with Gasteiger partial charge in [0.15, 0.2) is 0 Å². The van der Waals surface area contributed by atoms with Crippen molar-refractivity contribution in [3.8, 4) is 0 Å². The third-order valence-corrected chi connectivity index (χ3v) is 4.22. The second kappa shape index (κ2) is 5.83. The van der Waals surface area contributed by atoms with Crippen LogP contribution in [-0.2, 0) is 0 Å². The van der Waals surface area contributed by atoms with Crippen LogP contribution >= 0.6 is 0 Å². The van der Waals surface area contributed by atoms with Crippen LogP contribution in [0.3, 0.4) is 0 Å². The Balaban J connectivity index is 2.80. The average Bonchev–Trinajstić information content (AvgIpc) is 2.73. The molecule has 1 unspecified atom stereocenters. The van der Waals surface area contributed by atoms with Gasteiger partial charge in [0.25, 0.3) is 0 Å². The predicted octanol–water partition coefficient (Wildman–Crippen LogP) is 2.93. The first-order valence-electron chi connectivity index (χ1n) is 6.71. The fourth-order valence-electron chi connectivity index (χ4n) is 3.18. The van der Waals surface area contributed by atoms with Gasteiger partial charge in [0, 0.05) is 11.6 Å². The van der Waals surface area contributed by atoms with E-state index in [9.17, 15) is 0 Å². The van der Waals surface area contributed by atoms with Gasteiger partial charge in [-0.25, -0.2) is 0 Å². The SMILES string of the molecule is C=C(C)CC(N)C(CC)(CC)N1CCCC1. The fraction of sp³-hybridized carbons (Fsp3) is 0.857. The van der Waals surface area contributed by atoms with Gasteiger partial charge >= 0.3 is 0 Å². The van der Waals surface area contributed by atoms with E-state index >= 15 is 0 Å². The van der Waals surface area contributed by atoms with Gasteiger partial charge in [-0.2, -0.15) is 0 Å². The van der Waals surface area contributed by atoms with Gasteiger partial charge < -0.3 is 5.73 Å². The Morgan fingerprint density at radius 3 is 2.19 bits per heavy atom. The summed E-state index contributed by atoms with van der Waals surface area (Å²) >= 11 is 0. The highest BCUT2D eigenvalue weighted by Gasteiger charge is 2.39. The predicted molar refractivity (Wildman–Crippen MR) is 71.5 cm³/mol. The van der Waals surface area contributed by atoms with Crippen LogP contribution in [0.25, 0.3) is 0 Å². The molecule has 1 aliphatic rings. The van der Waals surface area contributed by atoms with E-state index in [4.69, 9.17) is 5.73 Å². The quantitative estimate of drug-likeness (QED) is 0.703. The van der Waals surface area contributed by atoms with E-state index < -0.39 is 0 Å². The van der Waals surface area contributed by atoms with Gasteiger partial charge in [-0.3, -0.25) is 4.90 Å². The van der Waals surface area contributed by atoms with Crippen molar-refractivity contribution in [2.24, 2.45) is 5.73 Å². The van der Waals surface area contributed by atoms with Crippen LogP contribution in [0.15, 0.2) is 12.2 Å². The summed E-state index contributed by atoms with van der Waals surface area (Å²) in [5.41, 5.74) is 7.86. The Morgan fingerprint density at radius 1 is 1.31 bits per heavy atom. The minimum atomic E-state index is 0.204. The van der Waals surface area contributed by atoms with Gasteiger partial charge in [0.05, 0.1) is 0 Å². The van der Waals surface area contributed by atoms with E-state index in [2.05, 4.69) is 32.3 Å². The molecule has 1 rings (SSSR count). The highest BCUT2D eigenvalue weighted by atomic mass is 15.2. The molecule has 0 bridgehead atoms. The lowest BCUT2D eigenvalue weighted by atomic mass is 9.80. The zero-order valence-corrected chi connectivity index (χ0v) is 11.3. The minimum Gasteiger partial charge on any atom is -0.326 e. The Hall–Kier alpha value is -0.340. The number of rotatable bonds is 6. The highest BCUT2D eigenvalue weighted by molar-refractivity contribution is 5.04. The molecule has 0 radical (unpaired) electrons. The van der Waals surface area contributed by atoms with Crippen LogP contribution in [0.1, 0.15) is 52.9 Å². The summed E-state index contributed by atoms with van der Waals surface area (Å²) < 4.78 is 0. The van der Waals surface area contributed by atoms with Gasteiger partial charge in [-0.15, -0.1) is 6.58 Å². The third-order valence-electron chi connectivity index (χ3n) is 4.22. The molecule has 0 aliphatic carbocycles. The molecule has 0 aromatic rings. The first kappa shape index (κ1) is 13.7. The van der Waals surface area contributed by atoms with Crippen molar-refractivity contribution in [2.45, 2.75) is 64.5 Å². The van der Waals surface area contributed by atoms with Crippen molar-refractivity contribution in [1.82, 2.24) is 4.90 Å². The van der Waals surface area contributed by atoms with Gasteiger partial charge in [-0.05, 0) is 52.1 Å². The standard InChI is InChI=1S/C14H28N2/c1-5-14(6-2,13(15)11-12(3)4)16-9-7-8-10-16/h13H,3,5-11,15H2,1-2,4H3. The normalized spacial score (nSPS) is 20.0. The monoisotopic (exact) mass is 224 g/mol. The molecule has 0 spiro atoms. The molecular weight excluding hydrogens is 196 g/mol. The van der Waals surface area contributed by atoms with Crippen LogP contribution < -0.4 is 5.73 Å². The van der Waals surface area contributed by atoms with Crippen molar-refractivity contribution in [2.75, 3.05) is 13.1 Å². The maximum absolute atomic E-state index is 6.45. The molecule has 1 atom stereocenters. The second-order valence-corrected chi connectivity index (χ2v) is 5.27. The van der Waals surface area contributed by atoms with Crippen LogP contribution in [0.2, 0.25) is 0 Å². The lowest BCUT2D eigenvalue weighted by Gasteiger charge is -2.45. The molecule has 0 amide bonds. The number of nitrogens with two attached hydrogens (primary N) is 1. The van der Waals surface area contributed by atoms with Crippen LogP contribution in [0.4, 0.5) is 0 Å². The summed E-state index contributed by atoms with van der Waals surface area (Å²) in [4.78, 5) is 2.63. The third kappa shape index (κ3) is 2.67. The zero-order chi connectivity index (χ0) is 12.2. The smallest absolute Gasteiger partial charge is 0.0358 e. The van der Waals surface area contributed by atoms with Gasteiger partial charge in [0.1, 0.15) is 0 Å². The van der Waals surface area contributed by atoms with Crippen molar-refractivity contribution in [3.63, 3.8) is 0 Å². The van der Waals surface area contributed by atoms with E-state index in [1.54, 1.807) is 0 Å². The summed E-state index contributed by atoms with van der Waals surface area (Å²) in [5, 5.41) is 0. The Kier molecular flexibility index (Phi) is 5.00. The van der Waals surface area contributed by atoms with Crippen molar-refractivity contribution in [3.05, 3.63) is 12.2 Å². The van der Waals surface area contributed by atoms with Crippen molar-refractivity contribution >= 4 is 0 Å². The lowest BCUT2D eigenvalue weighted by Crippen LogP contribution is -2.58. The van der Waals surface area contributed by atoms with Gasteiger partial charge in [-0.1, -0.05) is 19.4 Å². The molecule has 16 heavy (non-hydrogen) atoms. The molecule has 94 valence electrons. The topological polar surface area (TPSA) is 29.3 Å².